The average molecular weight is 264 g/mol. The van der Waals surface area contributed by atoms with Crippen LogP contribution < -0.4 is 0 Å². The minimum atomic E-state index is 0.668. The van der Waals surface area contributed by atoms with E-state index in [1.807, 2.05) is 11.4 Å². The zero-order valence-corrected chi connectivity index (χ0v) is 12.6. The summed E-state index contributed by atoms with van der Waals surface area (Å²) in [4.78, 5) is 10.7. The highest BCUT2D eigenvalue weighted by atomic mass is 32.1. The maximum atomic E-state index is 9.88. The van der Waals surface area contributed by atoms with E-state index in [0.717, 1.165) is 22.5 Å². The predicted molar refractivity (Wildman–Crippen MR) is 78.2 cm³/mol. The van der Waals surface area contributed by atoms with Gasteiger partial charge in [-0.15, -0.1) is 11.3 Å². The molecule has 0 atom stereocenters. The van der Waals surface area contributed by atoms with Gasteiger partial charge in [-0.3, -0.25) is 4.79 Å². The number of aldehydes is 1. The van der Waals surface area contributed by atoms with Crippen molar-refractivity contribution >= 4 is 17.6 Å². The minimum Gasteiger partial charge on any atom is -0.297 e. The van der Waals surface area contributed by atoms with E-state index in [0.29, 0.717) is 5.41 Å². The Hall–Kier alpha value is -0.630. The highest BCUT2D eigenvalue weighted by Gasteiger charge is 2.57. The lowest BCUT2D eigenvalue weighted by Crippen LogP contribution is -2.29. The van der Waals surface area contributed by atoms with E-state index < -0.39 is 0 Å². The summed E-state index contributed by atoms with van der Waals surface area (Å²) in [5.74, 6) is 1.06. The third kappa shape index (κ3) is 2.16. The molecule has 1 heterocycles. The molecular formula is C16H24OS. The number of carbonyl (C=O) groups is 1. The predicted octanol–water partition coefficient (Wildman–Crippen LogP) is 5.17. The van der Waals surface area contributed by atoms with E-state index in [4.69, 9.17) is 0 Å². The van der Waals surface area contributed by atoms with Crippen molar-refractivity contribution in [2.24, 2.45) is 16.7 Å². The first-order chi connectivity index (χ1) is 8.55. The Morgan fingerprint density at radius 2 is 2.06 bits per heavy atom. The van der Waals surface area contributed by atoms with Crippen LogP contribution in [0, 0.1) is 16.7 Å². The van der Waals surface area contributed by atoms with Gasteiger partial charge in [0.2, 0.25) is 0 Å². The third-order valence-electron chi connectivity index (χ3n) is 5.67. The monoisotopic (exact) mass is 264 g/mol. The molecule has 0 N–H and O–H groups in total. The Morgan fingerprint density at radius 1 is 1.39 bits per heavy atom. The largest absolute Gasteiger partial charge is 0.297 e. The van der Waals surface area contributed by atoms with Gasteiger partial charge in [-0.05, 0) is 60.3 Å². The van der Waals surface area contributed by atoms with E-state index >= 15 is 0 Å². The van der Waals surface area contributed by atoms with E-state index in [1.54, 1.807) is 6.07 Å². The summed E-state index contributed by atoms with van der Waals surface area (Å²) in [5.41, 5.74) is 1.42. The van der Waals surface area contributed by atoms with Crippen molar-refractivity contribution in [2.45, 2.75) is 52.9 Å². The number of carbonyl (C=O) groups excluding carboxylic acids is 1. The zero-order chi connectivity index (χ0) is 13.2. The second-order valence-corrected chi connectivity index (χ2v) is 7.24. The van der Waals surface area contributed by atoms with Crippen LogP contribution in [0.2, 0.25) is 0 Å². The van der Waals surface area contributed by atoms with Crippen LogP contribution in [0.1, 0.15) is 62.5 Å². The molecule has 100 valence electrons. The van der Waals surface area contributed by atoms with Gasteiger partial charge in [-0.1, -0.05) is 26.8 Å². The molecule has 0 radical (unpaired) electrons. The molecule has 1 nitrogen and oxygen atoms in total. The lowest BCUT2D eigenvalue weighted by atomic mass is 9.68. The molecule has 18 heavy (non-hydrogen) atoms. The van der Waals surface area contributed by atoms with Gasteiger partial charge in [0.05, 0.1) is 4.88 Å². The van der Waals surface area contributed by atoms with Gasteiger partial charge < -0.3 is 0 Å². The number of thiophene rings is 1. The zero-order valence-electron chi connectivity index (χ0n) is 11.7. The van der Waals surface area contributed by atoms with Crippen molar-refractivity contribution < 1.29 is 4.79 Å². The van der Waals surface area contributed by atoms with Crippen LogP contribution in [0.25, 0.3) is 0 Å². The van der Waals surface area contributed by atoms with Crippen LogP contribution in [-0.4, -0.2) is 6.29 Å². The van der Waals surface area contributed by atoms with Crippen molar-refractivity contribution in [3.8, 4) is 0 Å². The van der Waals surface area contributed by atoms with E-state index in [9.17, 15) is 4.79 Å². The van der Waals surface area contributed by atoms with Crippen molar-refractivity contribution in [1.29, 1.82) is 0 Å². The summed E-state index contributed by atoms with van der Waals surface area (Å²) in [5, 5.41) is 1.88. The maximum absolute atomic E-state index is 9.88. The van der Waals surface area contributed by atoms with Crippen molar-refractivity contribution in [3.63, 3.8) is 0 Å². The molecule has 3 rings (SSSR count). The molecule has 2 heteroatoms. The van der Waals surface area contributed by atoms with E-state index in [-0.39, 0.29) is 0 Å². The molecule has 2 fully saturated rings. The summed E-state index contributed by atoms with van der Waals surface area (Å²) in [6, 6.07) is 3.64. The van der Waals surface area contributed by atoms with Gasteiger partial charge in [-0.25, -0.2) is 0 Å². The summed E-state index contributed by atoms with van der Waals surface area (Å²) in [6.45, 7) is 7.39. The van der Waals surface area contributed by atoms with Crippen LogP contribution in [0.15, 0.2) is 17.5 Å². The molecule has 1 aromatic rings. The minimum absolute atomic E-state index is 0.668. The highest BCUT2D eigenvalue weighted by molar-refractivity contribution is 7.11. The molecule has 0 saturated heterocycles. The molecule has 0 amide bonds. The SMILES string of the molecule is CCC12CCC(CC1)C2(C)C.O=Cc1cccs1. The molecule has 0 aliphatic heterocycles. The summed E-state index contributed by atoms with van der Waals surface area (Å²) in [6.07, 6.45) is 8.32. The lowest BCUT2D eigenvalue weighted by molar-refractivity contribution is 0.112. The second-order valence-electron chi connectivity index (χ2n) is 6.26. The molecule has 2 bridgehead atoms. The number of fused-ring (bicyclic) bond motifs is 2. The molecule has 0 unspecified atom stereocenters. The average Bonchev–Trinajstić information content (AvgIpc) is 3.05. The topological polar surface area (TPSA) is 17.1 Å². The molecule has 2 aliphatic carbocycles. The van der Waals surface area contributed by atoms with Gasteiger partial charge in [-0.2, -0.15) is 0 Å². The van der Waals surface area contributed by atoms with Gasteiger partial charge in [0.1, 0.15) is 0 Å². The van der Waals surface area contributed by atoms with Crippen LogP contribution in [0.3, 0.4) is 0 Å². The standard InChI is InChI=1S/C11H20.C5H4OS/c1-4-11-7-5-9(6-8-11)10(11,2)3;6-4-5-2-1-3-7-5/h9H,4-8H2,1-3H3;1-4H. The summed E-state index contributed by atoms with van der Waals surface area (Å²) >= 11 is 1.45. The normalized spacial score (nSPS) is 31.8. The van der Waals surface area contributed by atoms with Gasteiger partial charge in [0, 0.05) is 0 Å². The van der Waals surface area contributed by atoms with Crippen LogP contribution in [0.4, 0.5) is 0 Å². The Bertz CT molecular complexity index is 383. The van der Waals surface area contributed by atoms with Crippen LogP contribution in [0.5, 0.6) is 0 Å². The smallest absolute Gasteiger partial charge is 0.159 e. The van der Waals surface area contributed by atoms with Gasteiger partial charge >= 0.3 is 0 Å². The quantitative estimate of drug-likeness (QED) is 0.673. The highest BCUT2D eigenvalue weighted by Crippen LogP contribution is 2.67. The number of hydrogen-bond acceptors (Lipinski definition) is 2. The first-order valence-electron chi connectivity index (χ1n) is 7.04. The Balaban J connectivity index is 0.000000149. The Labute approximate surface area is 115 Å². The fraction of sp³-hybridized carbons (Fsp3) is 0.688. The fourth-order valence-corrected chi connectivity index (χ4v) is 4.66. The number of rotatable bonds is 2. The van der Waals surface area contributed by atoms with Crippen LogP contribution in [-0.2, 0) is 0 Å². The van der Waals surface area contributed by atoms with Crippen LogP contribution >= 0.6 is 11.3 Å². The summed E-state index contributed by atoms with van der Waals surface area (Å²) in [7, 11) is 0. The molecule has 0 aromatic carbocycles. The van der Waals surface area contributed by atoms with E-state index in [1.165, 1.54) is 43.4 Å². The van der Waals surface area contributed by atoms with Crippen molar-refractivity contribution in [2.75, 3.05) is 0 Å². The molecule has 2 aliphatic rings. The molecular weight excluding hydrogens is 240 g/mol. The molecule has 2 saturated carbocycles. The van der Waals surface area contributed by atoms with Crippen molar-refractivity contribution in [3.05, 3.63) is 22.4 Å². The van der Waals surface area contributed by atoms with Gasteiger partial charge in [0.25, 0.3) is 0 Å². The van der Waals surface area contributed by atoms with Gasteiger partial charge in [0.15, 0.2) is 6.29 Å². The Morgan fingerprint density at radius 3 is 2.28 bits per heavy atom. The summed E-state index contributed by atoms with van der Waals surface area (Å²) < 4.78 is 0. The fourth-order valence-electron chi connectivity index (χ4n) is 4.14. The molecule has 1 aromatic heterocycles. The third-order valence-corrected chi connectivity index (χ3v) is 6.46. The van der Waals surface area contributed by atoms with E-state index in [2.05, 4.69) is 20.8 Å². The first-order valence-corrected chi connectivity index (χ1v) is 7.92. The number of hydrogen-bond donors (Lipinski definition) is 0. The lowest BCUT2D eigenvalue weighted by Gasteiger charge is -2.37. The Kier molecular flexibility index (Phi) is 3.96. The second kappa shape index (κ2) is 5.16. The maximum Gasteiger partial charge on any atom is 0.159 e. The van der Waals surface area contributed by atoms with Crippen molar-refractivity contribution in [1.82, 2.24) is 0 Å². The molecule has 0 spiro atoms. The first kappa shape index (κ1) is 13.8.